The Bertz CT molecular complexity index is 3160. The van der Waals surface area contributed by atoms with Gasteiger partial charge in [0.1, 0.15) is 29.5 Å². The van der Waals surface area contributed by atoms with Crippen molar-refractivity contribution in [1.29, 1.82) is 0 Å². The monoisotopic (exact) mass is 974 g/mol. The third kappa shape index (κ3) is 7.87. The topological polar surface area (TPSA) is 169 Å². The van der Waals surface area contributed by atoms with E-state index >= 15 is 8.78 Å². The van der Waals surface area contributed by atoms with Crippen LogP contribution in [0.25, 0.3) is 32.4 Å². The van der Waals surface area contributed by atoms with Crippen molar-refractivity contribution in [3.8, 4) is 11.1 Å². The first kappa shape index (κ1) is 44.8. The normalized spacial score (nSPS) is 19.8. The average Bonchev–Trinajstić information content (AvgIpc) is 3.44. The molecule has 3 fully saturated rings. The van der Waals surface area contributed by atoms with E-state index in [1.54, 1.807) is 57.0 Å². The maximum absolute atomic E-state index is 15.6. The van der Waals surface area contributed by atoms with Crippen LogP contribution in [0.4, 0.5) is 46.5 Å². The number of hydrogen-bond acceptors (Lipinski definition) is 11. The minimum absolute atomic E-state index is 0.000143. The molecule has 0 radical (unpaired) electrons. The van der Waals surface area contributed by atoms with Crippen LogP contribution >= 0.6 is 11.3 Å². The summed E-state index contributed by atoms with van der Waals surface area (Å²) in [6.07, 6.45) is -4.33. The number of benzene rings is 2. The molecule has 2 N–H and O–H groups in total. The van der Waals surface area contributed by atoms with E-state index in [1.807, 2.05) is 4.90 Å². The maximum atomic E-state index is 15.6. The predicted octanol–water partition coefficient (Wildman–Crippen LogP) is 7.62. The summed E-state index contributed by atoms with van der Waals surface area (Å²) in [6, 6.07) is 8.00. The van der Waals surface area contributed by atoms with E-state index in [-0.39, 0.29) is 35.6 Å². The van der Waals surface area contributed by atoms with Crippen LogP contribution in [0, 0.1) is 17.6 Å². The summed E-state index contributed by atoms with van der Waals surface area (Å²) >= 11 is 1.27. The number of carbonyl (C=O) groups is 2. The van der Waals surface area contributed by atoms with Gasteiger partial charge in [-0.25, -0.2) is 27.0 Å². The number of hydrogen-bond donors (Lipinski definition) is 2. The molecular formula is C43H41F7N10O5S2. The van der Waals surface area contributed by atoms with Gasteiger partial charge < -0.3 is 15.0 Å². The number of nitrogens with zero attached hydrogens (tertiary/aromatic N) is 8. The van der Waals surface area contributed by atoms with Crippen molar-refractivity contribution >= 4 is 65.6 Å². The highest BCUT2D eigenvalue weighted by Gasteiger charge is 2.68. The van der Waals surface area contributed by atoms with Gasteiger partial charge in [0, 0.05) is 60.7 Å². The zero-order valence-corrected chi connectivity index (χ0v) is 37.9. The van der Waals surface area contributed by atoms with Gasteiger partial charge in [-0.2, -0.15) is 37.1 Å². The number of pyridine rings is 1. The lowest BCUT2D eigenvalue weighted by Gasteiger charge is -2.61. The van der Waals surface area contributed by atoms with Crippen molar-refractivity contribution in [3.63, 3.8) is 0 Å². The maximum Gasteiger partial charge on any atom is 0.435 e. The number of carbonyl (C=O) groups excluding carboxylic acids is 2. The molecule has 2 aromatic carbocycles. The largest absolute Gasteiger partial charge is 0.444 e. The van der Waals surface area contributed by atoms with Gasteiger partial charge in [0.05, 0.1) is 33.7 Å². The Morgan fingerprint density at radius 3 is 2.37 bits per heavy atom. The number of rotatable bonds is 10. The molecule has 2 aliphatic heterocycles. The Hall–Kier alpha value is -6.04. The first-order valence-electron chi connectivity index (χ1n) is 21.1. The van der Waals surface area contributed by atoms with Crippen molar-refractivity contribution < 1.29 is 53.5 Å². The Kier molecular flexibility index (Phi) is 10.0. The summed E-state index contributed by atoms with van der Waals surface area (Å²) in [4.78, 5) is 40.7. The fourth-order valence-electron chi connectivity index (χ4n) is 9.71. The second-order valence-corrected chi connectivity index (χ2v) is 21.4. The molecular weight excluding hydrogens is 934 g/mol. The Labute approximate surface area is 381 Å². The number of para-hydroxylation sites is 1. The third-order valence-electron chi connectivity index (χ3n) is 12.6. The summed E-state index contributed by atoms with van der Waals surface area (Å²) in [5.41, 5.74) is -2.89. The molecule has 2 amide bonds. The molecule has 4 aliphatic rings. The van der Waals surface area contributed by atoms with E-state index in [1.165, 1.54) is 16.0 Å². The Balaban J connectivity index is 1.08. The molecule has 0 unspecified atom stereocenters. The van der Waals surface area contributed by atoms with E-state index in [4.69, 9.17) is 14.7 Å². The first-order valence-corrected chi connectivity index (χ1v) is 23.8. The highest BCUT2D eigenvalue weighted by molar-refractivity contribution is 7.92. The van der Waals surface area contributed by atoms with Crippen molar-refractivity contribution in [2.45, 2.75) is 81.8 Å². The number of nitrogens with one attached hydrogen (secondary N) is 2. The number of aromatic nitrogens is 6. The van der Waals surface area contributed by atoms with Crippen LogP contribution in [0.3, 0.4) is 0 Å². The summed E-state index contributed by atoms with van der Waals surface area (Å²) in [5.74, 6) is -9.06. The van der Waals surface area contributed by atoms with E-state index in [2.05, 4.69) is 20.2 Å². The van der Waals surface area contributed by atoms with Crippen LogP contribution < -0.4 is 14.9 Å². The smallest absolute Gasteiger partial charge is 0.435 e. The molecule has 0 bridgehead atoms. The molecule has 6 aromatic rings. The summed E-state index contributed by atoms with van der Waals surface area (Å²) in [7, 11) is -2.24. The predicted molar refractivity (Wildman–Crippen MR) is 231 cm³/mol. The van der Waals surface area contributed by atoms with Crippen LogP contribution in [0.2, 0.25) is 0 Å². The number of alkyl halides is 5. The van der Waals surface area contributed by atoms with Gasteiger partial charge in [-0.15, -0.1) is 0 Å². The quantitative estimate of drug-likeness (QED) is 0.130. The number of anilines is 2. The van der Waals surface area contributed by atoms with Crippen LogP contribution in [0.1, 0.15) is 73.8 Å². The van der Waals surface area contributed by atoms with Gasteiger partial charge in [-0.3, -0.25) is 23.8 Å². The first-order chi connectivity index (χ1) is 31.3. The fourth-order valence-corrected chi connectivity index (χ4v) is 11.2. The minimum atomic E-state index is -5.08. The molecule has 354 valence electrons. The van der Waals surface area contributed by atoms with Crippen molar-refractivity contribution in [2.24, 2.45) is 13.0 Å². The van der Waals surface area contributed by atoms with Gasteiger partial charge in [0.25, 0.3) is 5.92 Å². The molecule has 4 aromatic heterocycles. The van der Waals surface area contributed by atoms with Crippen LogP contribution in [-0.2, 0) is 51.7 Å². The molecule has 2 saturated heterocycles. The molecule has 6 heterocycles. The van der Waals surface area contributed by atoms with Gasteiger partial charge in [0.15, 0.2) is 22.3 Å². The number of likely N-dealkylation sites (tertiary alicyclic amines) is 1. The standard InChI is InChI=1S/C43H41F7N10O5S2/c1-40(2,3)65-39(62)59-10-9-41(59)18-58(19-41)38-53-37-29(66-38)16-25(23-7-6-8-24-33(23)57(4)55-36(24)56-67(5,63)64)32(52-37)28(13-20-11-21(44)14-22(45)12-20)51-30(61)17-60-35-31(34(54-60)43(48,49)50)26-15-27(26)42(35,46)47/h6-8,11-12,14,16,26-28H,9-10,13,15,17-19H2,1-5H3,(H,51,61)(H,55,56)/t26-,27+,28-/m0/s1. The lowest BCUT2D eigenvalue weighted by molar-refractivity contribution is -0.142. The molecule has 10 rings (SSSR count). The number of aryl methyl sites for hydroxylation is 1. The Morgan fingerprint density at radius 1 is 1.01 bits per heavy atom. The molecule has 15 nitrogen and oxygen atoms in total. The molecule has 3 atom stereocenters. The number of sulfonamides is 1. The summed E-state index contributed by atoms with van der Waals surface area (Å²) in [6.45, 7) is 5.68. The molecule has 24 heteroatoms. The highest BCUT2D eigenvalue weighted by Crippen LogP contribution is 2.68. The lowest BCUT2D eigenvalue weighted by atomic mass is 9.78. The van der Waals surface area contributed by atoms with Crippen molar-refractivity contribution in [3.05, 3.63) is 82.3 Å². The molecule has 2 aliphatic carbocycles. The minimum Gasteiger partial charge on any atom is -0.444 e. The van der Waals surface area contributed by atoms with Crippen LogP contribution in [0.15, 0.2) is 42.5 Å². The third-order valence-corrected chi connectivity index (χ3v) is 14.2. The van der Waals surface area contributed by atoms with E-state index in [0.29, 0.717) is 62.2 Å². The Morgan fingerprint density at radius 2 is 1.73 bits per heavy atom. The SMILES string of the molecule is Cn1nc(NS(C)(=O)=O)c2cccc(-c3cc4sc(N5CC6(CCN6C(=O)OC(C)(C)C)C5)nc4nc3[C@H](Cc3cc(F)cc(F)c3)NC(=O)Cn3nc(C(F)(F)F)c4c3C(F)(F)[C@@H]3C[C@H]43)c21. The van der Waals surface area contributed by atoms with Gasteiger partial charge in [-0.1, -0.05) is 23.5 Å². The van der Waals surface area contributed by atoms with Crippen LogP contribution in [0.5, 0.6) is 0 Å². The average molecular weight is 975 g/mol. The van der Waals surface area contributed by atoms with Crippen molar-refractivity contribution in [2.75, 3.05) is 35.5 Å². The zero-order chi connectivity index (χ0) is 47.9. The fraction of sp³-hybridized carbons (Fsp3) is 0.442. The summed E-state index contributed by atoms with van der Waals surface area (Å²) < 4.78 is 138. The molecule has 1 saturated carbocycles. The van der Waals surface area contributed by atoms with E-state index in [9.17, 15) is 40.0 Å². The van der Waals surface area contributed by atoms with Gasteiger partial charge in [-0.05, 0) is 75.8 Å². The number of fused-ring (bicyclic) bond motifs is 5. The molecule has 1 spiro atoms. The number of amides is 2. The van der Waals surface area contributed by atoms with E-state index < -0.39 is 98.3 Å². The zero-order valence-electron chi connectivity index (χ0n) is 36.3. The number of halogens is 7. The van der Waals surface area contributed by atoms with Crippen molar-refractivity contribution in [1.82, 2.24) is 39.7 Å². The molecule has 67 heavy (non-hydrogen) atoms. The van der Waals surface area contributed by atoms with Gasteiger partial charge in [0.2, 0.25) is 15.9 Å². The van der Waals surface area contributed by atoms with Gasteiger partial charge >= 0.3 is 12.3 Å². The lowest BCUT2D eigenvalue weighted by Crippen LogP contribution is -2.78. The number of thiazole rings is 1. The summed E-state index contributed by atoms with van der Waals surface area (Å²) in [5, 5.41) is 11.5. The van der Waals surface area contributed by atoms with Crippen LogP contribution in [-0.4, -0.2) is 91.9 Å². The number of ether oxygens (including phenoxy) is 1. The van der Waals surface area contributed by atoms with E-state index in [0.717, 1.165) is 24.8 Å². The second-order valence-electron chi connectivity index (χ2n) is 18.7. The highest BCUT2D eigenvalue weighted by atomic mass is 32.2. The second kappa shape index (κ2) is 15.0.